The van der Waals surface area contributed by atoms with E-state index in [1.807, 2.05) is 0 Å². The number of carbonyl (C=O) groups excluding carboxylic acids is 1. The van der Waals surface area contributed by atoms with Crippen LogP contribution in [-0.4, -0.2) is 5.78 Å². The maximum Gasteiger partial charge on any atom is 0.136 e. The maximum absolute atomic E-state index is 13.2. The highest BCUT2D eigenvalue weighted by Crippen LogP contribution is 2.66. The van der Waals surface area contributed by atoms with Crippen molar-refractivity contribution in [3.63, 3.8) is 0 Å². The molecule has 1 nitrogen and oxygen atoms in total. The number of hydrogen-bond acceptors (Lipinski definition) is 1. The summed E-state index contributed by atoms with van der Waals surface area (Å²) in [5.74, 6) is 5.75. The molecule has 28 heavy (non-hydrogen) atoms. The standard InChI is InChI=1S/C27H48O/c1-8-21-25(28)17-20-23-14-13-22(19(5)12-10-11-18(3)4)27(23,7)16-15-24(20)26(21,6)9-2/h18-24H,8-17H2,1-7H3/t19-,20?,21?,22?,23?,24?,26?,27?/m1/s1. The number of Topliss-reactive ketones (excluding diaryl/α,β-unsaturated/α-hetero) is 1. The molecular weight excluding hydrogens is 340 g/mol. The van der Waals surface area contributed by atoms with E-state index in [0.717, 1.165) is 42.4 Å². The number of ketones is 1. The lowest BCUT2D eigenvalue weighted by Gasteiger charge is -2.58. The summed E-state index contributed by atoms with van der Waals surface area (Å²) in [5, 5.41) is 0. The molecule has 0 radical (unpaired) electrons. The topological polar surface area (TPSA) is 17.1 Å². The van der Waals surface area contributed by atoms with Gasteiger partial charge >= 0.3 is 0 Å². The van der Waals surface area contributed by atoms with Gasteiger partial charge in [-0.2, -0.15) is 0 Å². The van der Waals surface area contributed by atoms with Gasteiger partial charge in [0.05, 0.1) is 0 Å². The predicted octanol–water partition coefficient (Wildman–Crippen LogP) is 7.92. The van der Waals surface area contributed by atoms with Crippen LogP contribution < -0.4 is 0 Å². The van der Waals surface area contributed by atoms with Gasteiger partial charge in [0.1, 0.15) is 5.78 Å². The van der Waals surface area contributed by atoms with E-state index < -0.39 is 0 Å². The smallest absolute Gasteiger partial charge is 0.136 e. The molecule has 3 rings (SSSR count). The van der Waals surface area contributed by atoms with Crippen LogP contribution >= 0.6 is 0 Å². The Hall–Kier alpha value is -0.330. The van der Waals surface area contributed by atoms with Gasteiger partial charge in [-0.1, -0.05) is 67.7 Å². The lowest BCUT2D eigenvalue weighted by Crippen LogP contribution is -2.54. The molecule has 0 spiro atoms. The molecule has 0 amide bonds. The second kappa shape index (κ2) is 8.43. The molecule has 0 saturated heterocycles. The molecular formula is C27H48O. The van der Waals surface area contributed by atoms with Crippen LogP contribution in [0.15, 0.2) is 0 Å². The highest BCUT2D eigenvalue weighted by molar-refractivity contribution is 5.83. The minimum atomic E-state index is 0.247. The van der Waals surface area contributed by atoms with Gasteiger partial charge in [0.25, 0.3) is 0 Å². The van der Waals surface area contributed by atoms with Crippen molar-refractivity contribution in [2.75, 3.05) is 0 Å². The maximum atomic E-state index is 13.2. The summed E-state index contributed by atoms with van der Waals surface area (Å²) in [6.45, 7) is 16.9. The van der Waals surface area contributed by atoms with E-state index in [9.17, 15) is 4.79 Å². The molecule has 7 unspecified atom stereocenters. The largest absolute Gasteiger partial charge is 0.299 e. The fourth-order valence-corrected chi connectivity index (χ4v) is 8.62. The fraction of sp³-hybridized carbons (Fsp3) is 0.963. The van der Waals surface area contributed by atoms with Gasteiger partial charge in [0, 0.05) is 12.3 Å². The molecule has 3 saturated carbocycles. The van der Waals surface area contributed by atoms with E-state index in [-0.39, 0.29) is 5.41 Å². The highest BCUT2D eigenvalue weighted by Gasteiger charge is 2.60. The van der Waals surface area contributed by atoms with E-state index in [1.165, 1.54) is 51.4 Å². The van der Waals surface area contributed by atoms with Crippen molar-refractivity contribution < 1.29 is 4.79 Å². The van der Waals surface area contributed by atoms with Crippen LogP contribution in [0.5, 0.6) is 0 Å². The van der Waals surface area contributed by atoms with Crippen molar-refractivity contribution >= 4 is 5.78 Å². The summed E-state index contributed by atoms with van der Waals surface area (Å²) in [7, 11) is 0. The van der Waals surface area contributed by atoms with Crippen LogP contribution in [0.3, 0.4) is 0 Å². The van der Waals surface area contributed by atoms with Gasteiger partial charge in [-0.3, -0.25) is 4.79 Å². The summed E-state index contributed by atoms with van der Waals surface area (Å²) in [4.78, 5) is 13.2. The third kappa shape index (κ3) is 3.62. The zero-order chi connectivity index (χ0) is 20.7. The van der Waals surface area contributed by atoms with Gasteiger partial charge in [-0.15, -0.1) is 0 Å². The fourth-order valence-electron chi connectivity index (χ4n) is 8.62. The minimum Gasteiger partial charge on any atom is -0.299 e. The quantitative estimate of drug-likeness (QED) is 0.433. The van der Waals surface area contributed by atoms with Crippen molar-refractivity contribution in [1.29, 1.82) is 0 Å². The van der Waals surface area contributed by atoms with Gasteiger partial charge in [0.15, 0.2) is 0 Å². The molecule has 3 fully saturated rings. The summed E-state index contributed by atoms with van der Waals surface area (Å²) >= 11 is 0. The lowest BCUT2D eigenvalue weighted by molar-refractivity contribution is -0.150. The van der Waals surface area contributed by atoms with E-state index >= 15 is 0 Å². The van der Waals surface area contributed by atoms with E-state index in [4.69, 9.17) is 0 Å². The zero-order valence-corrected chi connectivity index (χ0v) is 20.0. The molecule has 162 valence electrons. The average Bonchev–Trinajstić information content (AvgIpc) is 2.99. The molecule has 0 aliphatic heterocycles. The molecule has 0 heterocycles. The van der Waals surface area contributed by atoms with Gasteiger partial charge < -0.3 is 0 Å². The first-order valence-electron chi connectivity index (χ1n) is 12.7. The highest BCUT2D eigenvalue weighted by atomic mass is 16.1. The van der Waals surface area contributed by atoms with E-state index in [2.05, 4.69) is 48.5 Å². The number of rotatable bonds is 7. The molecule has 0 N–H and O–H groups in total. The van der Waals surface area contributed by atoms with Crippen molar-refractivity contribution in [2.45, 2.75) is 113 Å². The van der Waals surface area contributed by atoms with Crippen molar-refractivity contribution in [2.24, 2.45) is 52.3 Å². The summed E-state index contributed by atoms with van der Waals surface area (Å²) in [6, 6.07) is 0. The van der Waals surface area contributed by atoms with Crippen LogP contribution in [-0.2, 0) is 4.79 Å². The first-order chi connectivity index (χ1) is 13.2. The molecule has 8 atom stereocenters. The third-order valence-electron chi connectivity index (χ3n) is 10.3. The first-order valence-corrected chi connectivity index (χ1v) is 12.7. The molecule has 0 aromatic carbocycles. The molecule has 0 bridgehead atoms. The number of carbonyl (C=O) groups is 1. The van der Waals surface area contributed by atoms with E-state index in [1.54, 1.807) is 0 Å². The number of fused-ring (bicyclic) bond motifs is 3. The minimum absolute atomic E-state index is 0.247. The monoisotopic (exact) mass is 388 g/mol. The van der Waals surface area contributed by atoms with Crippen molar-refractivity contribution in [3.8, 4) is 0 Å². The second-order valence-electron chi connectivity index (χ2n) is 11.9. The molecule has 3 aliphatic rings. The third-order valence-corrected chi connectivity index (χ3v) is 10.3. The Morgan fingerprint density at radius 1 is 1.00 bits per heavy atom. The SMILES string of the molecule is CCC1C(=O)CC2C(CCC3(C)C2CCC3[C@H](C)CCCC(C)C)C1(C)CC. The average molecular weight is 389 g/mol. The van der Waals surface area contributed by atoms with E-state index in [0.29, 0.717) is 23.0 Å². The van der Waals surface area contributed by atoms with Crippen LogP contribution in [0.2, 0.25) is 0 Å². The summed E-state index contributed by atoms with van der Waals surface area (Å²) in [5.41, 5.74) is 0.740. The van der Waals surface area contributed by atoms with Crippen LogP contribution in [0.1, 0.15) is 113 Å². The Bertz CT molecular complexity index is 550. The Balaban J connectivity index is 1.77. The van der Waals surface area contributed by atoms with Crippen LogP contribution in [0.25, 0.3) is 0 Å². The van der Waals surface area contributed by atoms with Crippen LogP contribution in [0.4, 0.5) is 0 Å². The number of hydrogen-bond donors (Lipinski definition) is 0. The van der Waals surface area contributed by atoms with Crippen LogP contribution in [0, 0.1) is 52.3 Å². The Labute approximate surface area is 175 Å². The normalized spacial score (nSPS) is 44.4. The molecule has 0 aromatic rings. The van der Waals surface area contributed by atoms with Gasteiger partial charge in [0.2, 0.25) is 0 Å². The predicted molar refractivity (Wildman–Crippen MR) is 120 cm³/mol. The van der Waals surface area contributed by atoms with Gasteiger partial charge in [-0.05, 0) is 84.9 Å². The zero-order valence-electron chi connectivity index (χ0n) is 20.0. The van der Waals surface area contributed by atoms with Gasteiger partial charge in [-0.25, -0.2) is 0 Å². The first kappa shape index (κ1) is 22.4. The molecule has 3 aliphatic carbocycles. The molecule has 1 heteroatoms. The summed E-state index contributed by atoms with van der Waals surface area (Å²) in [6.07, 6.45) is 12.9. The lowest BCUT2D eigenvalue weighted by atomic mass is 9.45. The molecule has 0 aromatic heterocycles. The Morgan fingerprint density at radius 3 is 2.32 bits per heavy atom. The van der Waals surface area contributed by atoms with Crippen molar-refractivity contribution in [3.05, 3.63) is 0 Å². The Morgan fingerprint density at radius 2 is 1.71 bits per heavy atom. The van der Waals surface area contributed by atoms with Crippen molar-refractivity contribution in [1.82, 2.24) is 0 Å². The summed E-state index contributed by atoms with van der Waals surface area (Å²) < 4.78 is 0. The second-order valence-corrected chi connectivity index (χ2v) is 11.9. The Kier molecular flexibility index (Phi) is 6.73.